The molecule has 0 bridgehead atoms. The standard InChI is InChI=1S/C8H18O5/c1-5(13-3)6(10)7(11)8(2,12)4-9/h5-7,9-12H,4H2,1-3H3/t5?,6?,7-,8?/m0/s1. The van der Waals surface area contributed by atoms with Gasteiger partial charge in [-0.2, -0.15) is 0 Å². The maximum Gasteiger partial charge on any atom is 0.113 e. The van der Waals surface area contributed by atoms with Gasteiger partial charge in [0.25, 0.3) is 0 Å². The molecular formula is C8H18O5. The third kappa shape index (κ3) is 3.21. The highest BCUT2D eigenvalue weighted by Gasteiger charge is 2.37. The maximum absolute atomic E-state index is 9.41. The zero-order valence-corrected chi connectivity index (χ0v) is 8.14. The summed E-state index contributed by atoms with van der Waals surface area (Å²) in [5, 5.41) is 36.9. The monoisotopic (exact) mass is 194 g/mol. The van der Waals surface area contributed by atoms with Gasteiger partial charge in [0.05, 0.1) is 12.7 Å². The van der Waals surface area contributed by atoms with Crippen LogP contribution in [0.4, 0.5) is 0 Å². The average molecular weight is 194 g/mol. The molecule has 0 spiro atoms. The Morgan fingerprint density at radius 1 is 1.38 bits per heavy atom. The third-order valence-corrected chi connectivity index (χ3v) is 2.13. The lowest BCUT2D eigenvalue weighted by molar-refractivity contribution is -0.161. The predicted octanol–water partition coefficient (Wildman–Crippen LogP) is -1.51. The predicted molar refractivity (Wildman–Crippen MR) is 46.2 cm³/mol. The van der Waals surface area contributed by atoms with Crippen LogP contribution in [0.25, 0.3) is 0 Å². The van der Waals surface area contributed by atoms with Crippen molar-refractivity contribution in [2.24, 2.45) is 0 Å². The highest BCUT2D eigenvalue weighted by Crippen LogP contribution is 2.15. The van der Waals surface area contributed by atoms with Crippen molar-refractivity contribution in [3.05, 3.63) is 0 Å². The van der Waals surface area contributed by atoms with Crippen LogP contribution in [0, 0.1) is 0 Å². The normalized spacial score (nSPS) is 23.3. The third-order valence-electron chi connectivity index (χ3n) is 2.13. The minimum atomic E-state index is -1.72. The molecule has 0 aliphatic heterocycles. The van der Waals surface area contributed by atoms with E-state index in [-0.39, 0.29) is 0 Å². The van der Waals surface area contributed by atoms with Gasteiger partial charge in [-0.3, -0.25) is 0 Å². The lowest BCUT2D eigenvalue weighted by atomic mass is 9.93. The van der Waals surface area contributed by atoms with Crippen molar-refractivity contribution in [2.75, 3.05) is 13.7 Å². The molecule has 0 aliphatic carbocycles. The summed E-state index contributed by atoms with van der Waals surface area (Å²) in [5.41, 5.74) is -1.72. The molecule has 4 N–H and O–H groups in total. The molecule has 0 aromatic rings. The molecule has 0 rings (SSSR count). The summed E-state index contributed by atoms with van der Waals surface area (Å²) >= 11 is 0. The Kier molecular flexibility index (Phi) is 4.80. The van der Waals surface area contributed by atoms with E-state index >= 15 is 0 Å². The van der Waals surface area contributed by atoms with Crippen LogP contribution in [0.5, 0.6) is 0 Å². The van der Waals surface area contributed by atoms with E-state index in [1.165, 1.54) is 14.0 Å². The smallest absolute Gasteiger partial charge is 0.113 e. The fourth-order valence-electron chi connectivity index (χ4n) is 0.858. The molecule has 3 unspecified atom stereocenters. The van der Waals surface area contributed by atoms with E-state index in [4.69, 9.17) is 9.84 Å². The SMILES string of the molecule is COC(C)C(O)[C@H](O)C(C)(O)CO. The van der Waals surface area contributed by atoms with Crippen molar-refractivity contribution in [1.29, 1.82) is 0 Å². The highest BCUT2D eigenvalue weighted by molar-refractivity contribution is 4.88. The van der Waals surface area contributed by atoms with Gasteiger partial charge in [0.1, 0.15) is 17.8 Å². The van der Waals surface area contributed by atoms with E-state index in [0.29, 0.717) is 0 Å². The van der Waals surface area contributed by atoms with Crippen LogP contribution < -0.4 is 0 Å². The van der Waals surface area contributed by atoms with Crippen molar-refractivity contribution >= 4 is 0 Å². The molecule has 4 atom stereocenters. The number of hydrogen-bond donors (Lipinski definition) is 4. The fourth-order valence-corrected chi connectivity index (χ4v) is 0.858. The minimum Gasteiger partial charge on any atom is -0.393 e. The van der Waals surface area contributed by atoms with Gasteiger partial charge in [-0.05, 0) is 13.8 Å². The summed E-state index contributed by atoms with van der Waals surface area (Å²) in [5.74, 6) is 0. The molecule has 13 heavy (non-hydrogen) atoms. The zero-order valence-electron chi connectivity index (χ0n) is 8.14. The van der Waals surface area contributed by atoms with E-state index in [2.05, 4.69) is 0 Å². The Labute approximate surface area is 77.6 Å². The van der Waals surface area contributed by atoms with Crippen LogP contribution in [0.1, 0.15) is 13.8 Å². The summed E-state index contributed by atoms with van der Waals surface area (Å²) in [7, 11) is 1.38. The van der Waals surface area contributed by atoms with E-state index in [1.54, 1.807) is 6.92 Å². The molecule has 0 fully saturated rings. The Morgan fingerprint density at radius 3 is 2.15 bits per heavy atom. The number of rotatable bonds is 5. The number of aliphatic hydroxyl groups excluding tert-OH is 3. The molecule has 0 saturated heterocycles. The van der Waals surface area contributed by atoms with Gasteiger partial charge in [0.15, 0.2) is 0 Å². The maximum atomic E-state index is 9.41. The van der Waals surface area contributed by atoms with Gasteiger partial charge in [-0.1, -0.05) is 0 Å². The molecule has 0 amide bonds. The first-order chi connectivity index (χ1) is 5.86. The summed E-state index contributed by atoms with van der Waals surface area (Å²) in [6.07, 6.45) is -3.27. The van der Waals surface area contributed by atoms with Gasteiger partial charge in [0, 0.05) is 7.11 Å². The second-order valence-electron chi connectivity index (χ2n) is 3.39. The van der Waals surface area contributed by atoms with Gasteiger partial charge in [-0.25, -0.2) is 0 Å². The second kappa shape index (κ2) is 4.88. The van der Waals surface area contributed by atoms with E-state index < -0.39 is 30.5 Å². The van der Waals surface area contributed by atoms with Crippen LogP contribution in [-0.4, -0.2) is 58.1 Å². The van der Waals surface area contributed by atoms with E-state index in [9.17, 15) is 15.3 Å². The largest absolute Gasteiger partial charge is 0.393 e. The number of ether oxygens (including phenoxy) is 1. The Balaban J connectivity index is 4.32. The van der Waals surface area contributed by atoms with Crippen molar-refractivity contribution in [3.63, 3.8) is 0 Å². The molecule has 0 heterocycles. The van der Waals surface area contributed by atoms with Crippen LogP contribution in [0.15, 0.2) is 0 Å². The molecule has 0 aromatic carbocycles. The molecular weight excluding hydrogens is 176 g/mol. The first kappa shape index (κ1) is 12.8. The minimum absolute atomic E-state index is 0.604. The molecule has 5 nitrogen and oxygen atoms in total. The summed E-state index contributed by atoms with van der Waals surface area (Å²) in [6.45, 7) is 2.17. The van der Waals surface area contributed by atoms with Crippen molar-refractivity contribution in [3.8, 4) is 0 Å². The van der Waals surface area contributed by atoms with Crippen molar-refractivity contribution < 1.29 is 25.2 Å². The molecule has 0 aromatic heterocycles. The topological polar surface area (TPSA) is 90.2 Å². The lowest BCUT2D eigenvalue weighted by Crippen LogP contribution is -2.53. The zero-order chi connectivity index (χ0) is 10.6. The number of hydrogen-bond acceptors (Lipinski definition) is 5. The second-order valence-corrected chi connectivity index (χ2v) is 3.39. The summed E-state index contributed by atoms with van der Waals surface area (Å²) in [6, 6.07) is 0. The van der Waals surface area contributed by atoms with Crippen LogP contribution in [0.3, 0.4) is 0 Å². The summed E-state index contributed by atoms with van der Waals surface area (Å²) < 4.78 is 4.77. The number of aliphatic hydroxyl groups is 4. The van der Waals surface area contributed by atoms with Crippen molar-refractivity contribution in [1.82, 2.24) is 0 Å². The van der Waals surface area contributed by atoms with Crippen LogP contribution >= 0.6 is 0 Å². The Hall–Kier alpha value is -0.200. The molecule has 5 heteroatoms. The first-order valence-electron chi connectivity index (χ1n) is 4.09. The van der Waals surface area contributed by atoms with Gasteiger partial charge >= 0.3 is 0 Å². The van der Waals surface area contributed by atoms with Gasteiger partial charge in [0.2, 0.25) is 0 Å². The molecule has 80 valence electrons. The van der Waals surface area contributed by atoms with Crippen LogP contribution in [-0.2, 0) is 4.74 Å². The van der Waals surface area contributed by atoms with Crippen molar-refractivity contribution in [2.45, 2.75) is 37.8 Å². The Bertz CT molecular complexity index is 147. The van der Waals surface area contributed by atoms with Crippen LogP contribution in [0.2, 0.25) is 0 Å². The average Bonchev–Trinajstić information content (AvgIpc) is 2.14. The quantitative estimate of drug-likeness (QED) is 0.427. The molecule has 0 radical (unpaired) electrons. The summed E-state index contributed by atoms with van der Waals surface area (Å²) in [4.78, 5) is 0. The first-order valence-corrected chi connectivity index (χ1v) is 4.09. The van der Waals surface area contributed by atoms with E-state index in [1.807, 2.05) is 0 Å². The molecule has 0 aliphatic rings. The fraction of sp³-hybridized carbons (Fsp3) is 1.00. The van der Waals surface area contributed by atoms with Gasteiger partial charge < -0.3 is 25.2 Å². The number of methoxy groups -OCH3 is 1. The lowest BCUT2D eigenvalue weighted by Gasteiger charge is -2.32. The van der Waals surface area contributed by atoms with Gasteiger partial charge in [-0.15, -0.1) is 0 Å². The highest BCUT2D eigenvalue weighted by atomic mass is 16.5. The Morgan fingerprint density at radius 2 is 1.85 bits per heavy atom. The molecule has 0 saturated carbocycles. The van der Waals surface area contributed by atoms with E-state index in [0.717, 1.165) is 0 Å².